The van der Waals surface area contributed by atoms with Crippen LogP contribution < -0.4 is 10.6 Å². The number of nitrogens with one attached hydrogen (secondary N) is 2. The molecule has 0 saturated heterocycles. The van der Waals surface area contributed by atoms with Crippen LogP contribution in [-0.2, 0) is 0 Å². The van der Waals surface area contributed by atoms with Gasteiger partial charge < -0.3 is 10.6 Å². The van der Waals surface area contributed by atoms with Crippen LogP contribution in [0.15, 0.2) is 55.4 Å². The van der Waals surface area contributed by atoms with E-state index >= 15 is 0 Å². The first-order valence-electron chi connectivity index (χ1n) is 10.1. The molecule has 3 heterocycles. The molecule has 8 nitrogen and oxygen atoms in total. The number of hydrogen-bond donors (Lipinski definition) is 2. The summed E-state index contributed by atoms with van der Waals surface area (Å²) in [5.74, 6) is 0.500. The van der Waals surface area contributed by atoms with Gasteiger partial charge >= 0.3 is 0 Å². The number of aromatic nitrogens is 4. The second-order valence-corrected chi connectivity index (χ2v) is 7.00. The van der Waals surface area contributed by atoms with Gasteiger partial charge in [0.2, 0.25) is 0 Å². The lowest BCUT2D eigenvalue weighted by atomic mass is 10.2. The molecule has 0 aliphatic carbocycles. The van der Waals surface area contributed by atoms with Gasteiger partial charge in [-0.15, -0.1) is 0 Å². The van der Waals surface area contributed by atoms with Gasteiger partial charge in [-0.1, -0.05) is 12.8 Å². The summed E-state index contributed by atoms with van der Waals surface area (Å²) in [6.07, 6.45) is 12.1. The van der Waals surface area contributed by atoms with Gasteiger partial charge in [0.15, 0.2) is 0 Å². The molecule has 3 rings (SSSR count). The minimum Gasteiger partial charge on any atom is -0.352 e. The normalized spacial score (nSPS) is 10.6. The van der Waals surface area contributed by atoms with Gasteiger partial charge in [0.1, 0.15) is 12.1 Å². The SMILES string of the molecule is Cc1cn(-c2ccc(C(=O)NCCCCCCNC(=O)c3cccnc3)cn2)cn1. The molecule has 156 valence electrons. The molecule has 0 saturated carbocycles. The first-order valence-corrected chi connectivity index (χ1v) is 10.1. The van der Waals surface area contributed by atoms with Crippen molar-refractivity contribution in [3.05, 3.63) is 72.2 Å². The van der Waals surface area contributed by atoms with Crippen molar-refractivity contribution in [1.82, 2.24) is 30.2 Å². The van der Waals surface area contributed by atoms with E-state index in [-0.39, 0.29) is 11.8 Å². The highest BCUT2D eigenvalue weighted by atomic mass is 16.2. The Balaban J connectivity index is 1.27. The molecule has 0 fully saturated rings. The summed E-state index contributed by atoms with van der Waals surface area (Å²) < 4.78 is 1.82. The summed E-state index contributed by atoms with van der Waals surface area (Å²) in [5.41, 5.74) is 2.02. The Morgan fingerprint density at radius 2 is 1.60 bits per heavy atom. The van der Waals surface area contributed by atoms with Crippen molar-refractivity contribution < 1.29 is 9.59 Å². The van der Waals surface area contributed by atoms with E-state index in [1.807, 2.05) is 17.7 Å². The van der Waals surface area contributed by atoms with Crippen LogP contribution >= 0.6 is 0 Å². The molecule has 2 amide bonds. The van der Waals surface area contributed by atoms with Crippen molar-refractivity contribution >= 4 is 11.8 Å². The molecule has 0 unspecified atom stereocenters. The Morgan fingerprint density at radius 3 is 2.13 bits per heavy atom. The number of amides is 2. The maximum Gasteiger partial charge on any atom is 0.252 e. The van der Waals surface area contributed by atoms with Crippen molar-refractivity contribution in [1.29, 1.82) is 0 Å². The van der Waals surface area contributed by atoms with E-state index in [0.29, 0.717) is 24.2 Å². The maximum absolute atomic E-state index is 12.2. The summed E-state index contributed by atoms with van der Waals surface area (Å²) in [4.78, 5) is 36.5. The standard InChI is InChI=1S/C22H26N6O2/c1-17-15-28(16-27-17)20-9-8-19(14-26-20)22(30)25-12-5-3-2-4-11-24-21(29)18-7-6-10-23-13-18/h6-10,13-16H,2-5,11-12H2,1H3,(H,24,29)(H,25,30). The van der Waals surface area contributed by atoms with E-state index in [0.717, 1.165) is 37.2 Å². The third-order valence-corrected chi connectivity index (χ3v) is 4.58. The number of pyridine rings is 2. The van der Waals surface area contributed by atoms with Gasteiger partial charge in [-0.2, -0.15) is 0 Å². The van der Waals surface area contributed by atoms with Gasteiger partial charge in [-0.05, 0) is 44.0 Å². The molecular formula is C22H26N6O2. The Hall–Kier alpha value is -3.55. The zero-order valence-electron chi connectivity index (χ0n) is 17.0. The zero-order chi connectivity index (χ0) is 21.2. The van der Waals surface area contributed by atoms with Crippen molar-refractivity contribution in [2.75, 3.05) is 13.1 Å². The topological polar surface area (TPSA) is 102 Å². The van der Waals surface area contributed by atoms with Crippen molar-refractivity contribution in [2.24, 2.45) is 0 Å². The largest absolute Gasteiger partial charge is 0.352 e. The van der Waals surface area contributed by atoms with Crippen LogP contribution in [0.5, 0.6) is 0 Å². The molecule has 0 spiro atoms. The maximum atomic E-state index is 12.2. The summed E-state index contributed by atoms with van der Waals surface area (Å²) in [5, 5.41) is 5.80. The lowest BCUT2D eigenvalue weighted by Gasteiger charge is -2.07. The lowest BCUT2D eigenvalue weighted by Crippen LogP contribution is -2.25. The van der Waals surface area contributed by atoms with Crippen LogP contribution in [0.4, 0.5) is 0 Å². The molecule has 2 N–H and O–H groups in total. The minimum atomic E-state index is -0.125. The molecule has 0 atom stereocenters. The van der Waals surface area contributed by atoms with E-state index in [1.165, 1.54) is 0 Å². The number of hydrogen-bond acceptors (Lipinski definition) is 5. The van der Waals surface area contributed by atoms with Crippen molar-refractivity contribution in [3.63, 3.8) is 0 Å². The number of unbranched alkanes of at least 4 members (excludes halogenated alkanes) is 3. The van der Waals surface area contributed by atoms with E-state index in [4.69, 9.17) is 0 Å². The fourth-order valence-corrected chi connectivity index (χ4v) is 2.93. The zero-order valence-corrected chi connectivity index (χ0v) is 17.0. The van der Waals surface area contributed by atoms with Gasteiger partial charge in [-0.3, -0.25) is 19.1 Å². The lowest BCUT2D eigenvalue weighted by molar-refractivity contribution is 0.0943. The fourth-order valence-electron chi connectivity index (χ4n) is 2.93. The predicted octanol–water partition coefficient (Wildman–Crippen LogP) is 2.69. The molecule has 3 aromatic heterocycles. The molecule has 0 aliphatic heterocycles. The smallest absolute Gasteiger partial charge is 0.252 e. The van der Waals surface area contributed by atoms with Crippen molar-refractivity contribution in [3.8, 4) is 5.82 Å². The first kappa shape index (κ1) is 21.2. The highest BCUT2D eigenvalue weighted by Crippen LogP contribution is 2.07. The van der Waals surface area contributed by atoms with Crippen LogP contribution in [0.1, 0.15) is 52.1 Å². The number of aryl methyl sites for hydroxylation is 1. The Morgan fingerprint density at radius 1 is 0.900 bits per heavy atom. The molecule has 30 heavy (non-hydrogen) atoms. The van der Waals surface area contributed by atoms with Crippen LogP contribution in [0, 0.1) is 6.92 Å². The average Bonchev–Trinajstić information content (AvgIpc) is 3.22. The fraction of sp³-hybridized carbons (Fsp3) is 0.318. The molecular weight excluding hydrogens is 380 g/mol. The Kier molecular flexibility index (Phi) is 7.65. The third kappa shape index (κ3) is 6.23. The number of rotatable bonds is 10. The van der Waals surface area contributed by atoms with Crippen LogP contribution in [0.2, 0.25) is 0 Å². The molecule has 0 bridgehead atoms. The third-order valence-electron chi connectivity index (χ3n) is 4.58. The molecule has 3 aromatic rings. The molecule has 0 radical (unpaired) electrons. The first-order chi connectivity index (χ1) is 14.6. The van der Waals surface area contributed by atoms with Gasteiger partial charge in [0.25, 0.3) is 11.8 Å². The van der Waals surface area contributed by atoms with Crippen LogP contribution in [-0.4, -0.2) is 44.4 Å². The highest BCUT2D eigenvalue weighted by Gasteiger charge is 2.07. The minimum absolute atomic E-state index is 0.0989. The highest BCUT2D eigenvalue weighted by molar-refractivity contribution is 5.94. The molecule has 0 aromatic carbocycles. The Labute approximate surface area is 175 Å². The van der Waals surface area contributed by atoms with Crippen molar-refractivity contribution in [2.45, 2.75) is 32.6 Å². The second-order valence-electron chi connectivity index (χ2n) is 7.00. The van der Waals surface area contributed by atoms with Gasteiger partial charge in [0, 0.05) is 37.9 Å². The van der Waals surface area contributed by atoms with E-state index in [2.05, 4.69) is 25.6 Å². The van der Waals surface area contributed by atoms with Crippen LogP contribution in [0.25, 0.3) is 5.82 Å². The number of carbonyl (C=O) groups is 2. The van der Waals surface area contributed by atoms with E-state index < -0.39 is 0 Å². The van der Waals surface area contributed by atoms with E-state index in [9.17, 15) is 9.59 Å². The summed E-state index contributed by atoms with van der Waals surface area (Å²) in [6, 6.07) is 7.05. The monoisotopic (exact) mass is 406 g/mol. The predicted molar refractivity (Wildman–Crippen MR) is 113 cm³/mol. The molecule has 0 aliphatic rings. The number of carbonyl (C=O) groups excluding carboxylic acids is 2. The summed E-state index contributed by atoms with van der Waals surface area (Å²) >= 11 is 0. The molecule has 8 heteroatoms. The average molecular weight is 406 g/mol. The summed E-state index contributed by atoms with van der Waals surface area (Å²) in [6.45, 7) is 3.16. The van der Waals surface area contributed by atoms with Crippen LogP contribution in [0.3, 0.4) is 0 Å². The number of nitrogens with zero attached hydrogens (tertiary/aromatic N) is 4. The van der Waals surface area contributed by atoms with Gasteiger partial charge in [-0.25, -0.2) is 9.97 Å². The van der Waals surface area contributed by atoms with E-state index in [1.54, 1.807) is 49.2 Å². The Bertz CT molecular complexity index is 953. The summed E-state index contributed by atoms with van der Waals surface area (Å²) in [7, 11) is 0. The quantitative estimate of drug-likeness (QED) is 0.504. The number of imidazole rings is 1. The van der Waals surface area contributed by atoms with Gasteiger partial charge in [0.05, 0.1) is 16.8 Å². The second kappa shape index (κ2) is 10.8.